The van der Waals surface area contributed by atoms with Gasteiger partial charge in [-0.3, -0.25) is 9.69 Å². The topological polar surface area (TPSA) is 76.0 Å². The number of hydrogen-bond donors (Lipinski definition) is 2. The highest BCUT2D eigenvalue weighted by atomic mass is 35.5. The first-order valence-corrected chi connectivity index (χ1v) is 8.66. The second-order valence-electron chi connectivity index (χ2n) is 6.37. The van der Waals surface area contributed by atoms with E-state index in [2.05, 4.69) is 15.5 Å². The summed E-state index contributed by atoms with van der Waals surface area (Å²) >= 11 is 0. The van der Waals surface area contributed by atoms with E-state index in [4.69, 9.17) is 13.9 Å². The summed E-state index contributed by atoms with van der Waals surface area (Å²) in [5.74, 6) is 1.74. The molecule has 2 saturated heterocycles. The Morgan fingerprint density at radius 2 is 2.04 bits per heavy atom. The maximum absolute atomic E-state index is 12.5. The number of halogens is 2. The predicted molar refractivity (Wildman–Crippen MR) is 103 cm³/mol. The van der Waals surface area contributed by atoms with Gasteiger partial charge in [-0.1, -0.05) is 0 Å². The Hall–Kier alpha value is -0.830. The fourth-order valence-corrected chi connectivity index (χ4v) is 3.27. The third-order valence-corrected chi connectivity index (χ3v) is 4.64. The molecule has 0 aliphatic carbocycles. The summed E-state index contributed by atoms with van der Waals surface area (Å²) in [6.07, 6.45) is -0.119. The number of nitrogens with zero attached hydrogens (tertiary/aromatic N) is 1. The van der Waals surface area contributed by atoms with Crippen molar-refractivity contribution in [2.24, 2.45) is 0 Å². The van der Waals surface area contributed by atoms with Crippen LogP contribution in [0.1, 0.15) is 24.5 Å². The Bertz CT molecular complexity index is 552. The summed E-state index contributed by atoms with van der Waals surface area (Å²) in [6.45, 7) is 8.80. The molecule has 0 spiro atoms. The highest BCUT2D eigenvalue weighted by molar-refractivity contribution is 5.85. The molecule has 1 amide bonds. The van der Waals surface area contributed by atoms with E-state index in [1.165, 1.54) is 0 Å². The molecule has 0 saturated carbocycles. The maximum Gasteiger partial charge on any atom is 0.239 e. The molecule has 2 fully saturated rings. The SMILES string of the molecule is Cc1ccc(C(CNC(=O)[C@H]2NCCO[C@@H]2C)N2CCOCC2)o1.Cl.Cl. The van der Waals surface area contributed by atoms with E-state index < -0.39 is 0 Å². The zero-order chi connectivity index (χ0) is 16.9. The van der Waals surface area contributed by atoms with Crippen molar-refractivity contribution in [1.82, 2.24) is 15.5 Å². The first kappa shape index (κ1) is 23.2. The van der Waals surface area contributed by atoms with Crippen molar-refractivity contribution in [3.63, 3.8) is 0 Å². The second-order valence-corrected chi connectivity index (χ2v) is 6.37. The Labute approximate surface area is 167 Å². The van der Waals surface area contributed by atoms with Gasteiger partial charge in [0.1, 0.15) is 17.6 Å². The molecule has 2 aliphatic heterocycles. The van der Waals surface area contributed by atoms with Gasteiger partial charge in [-0.25, -0.2) is 0 Å². The largest absolute Gasteiger partial charge is 0.465 e. The molecule has 0 bridgehead atoms. The minimum atomic E-state index is -0.303. The van der Waals surface area contributed by atoms with Crippen molar-refractivity contribution in [3.05, 3.63) is 23.7 Å². The highest BCUT2D eigenvalue weighted by Crippen LogP contribution is 2.23. The molecule has 1 unspecified atom stereocenters. The van der Waals surface area contributed by atoms with Crippen molar-refractivity contribution in [2.75, 3.05) is 46.0 Å². The van der Waals surface area contributed by atoms with Crippen LogP contribution < -0.4 is 10.6 Å². The molecule has 26 heavy (non-hydrogen) atoms. The molecular formula is C17H29Cl2N3O4. The molecule has 0 radical (unpaired) electrons. The number of carbonyl (C=O) groups excluding carboxylic acids is 1. The molecule has 2 aliphatic rings. The lowest BCUT2D eigenvalue weighted by Gasteiger charge is -2.34. The van der Waals surface area contributed by atoms with Crippen molar-refractivity contribution in [2.45, 2.75) is 32.0 Å². The molecule has 2 N–H and O–H groups in total. The van der Waals surface area contributed by atoms with E-state index in [1.54, 1.807) is 0 Å². The number of morpholine rings is 2. The quantitative estimate of drug-likeness (QED) is 0.762. The van der Waals surface area contributed by atoms with Gasteiger partial charge in [0.2, 0.25) is 5.91 Å². The first-order valence-electron chi connectivity index (χ1n) is 8.66. The highest BCUT2D eigenvalue weighted by Gasteiger charge is 2.30. The van der Waals surface area contributed by atoms with Crippen molar-refractivity contribution in [1.29, 1.82) is 0 Å². The number of nitrogens with one attached hydrogen (secondary N) is 2. The number of ether oxygens (including phenoxy) is 2. The van der Waals surface area contributed by atoms with Gasteiger partial charge in [0.05, 0.1) is 32.0 Å². The van der Waals surface area contributed by atoms with Crippen LogP contribution in [0.25, 0.3) is 0 Å². The lowest BCUT2D eigenvalue weighted by Crippen LogP contribution is -2.56. The van der Waals surface area contributed by atoms with Gasteiger partial charge in [-0.15, -0.1) is 24.8 Å². The predicted octanol–water partition coefficient (Wildman–Crippen LogP) is 1.30. The van der Waals surface area contributed by atoms with Gasteiger partial charge in [-0.05, 0) is 26.0 Å². The number of hydrogen-bond acceptors (Lipinski definition) is 6. The van der Waals surface area contributed by atoms with Gasteiger partial charge < -0.3 is 24.5 Å². The van der Waals surface area contributed by atoms with Crippen molar-refractivity contribution < 1.29 is 18.7 Å². The van der Waals surface area contributed by atoms with Crippen LogP contribution >= 0.6 is 24.8 Å². The number of amides is 1. The Balaban J connectivity index is 0.00000169. The molecule has 9 heteroatoms. The molecule has 3 atom stereocenters. The lowest BCUT2D eigenvalue weighted by molar-refractivity contribution is -0.129. The van der Waals surface area contributed by atoms with Crippen LogP contribution in [-0.2, 0) is 14.3 Å². The number of carbonyl (C=O) groups is 1. The molecule has 3 heterocycles. The van der Waals surface area contributed by atoms with Gasteiger partial charge in [-0.2, -0.15) is 0 Å². The van der Waals surface area contributed by atoms with Gasteiger partial charge in [0.15, 0.2) is 0 Å². The molecule has 1 aromatic rings. The molecule has 1 aromatic heterocycles. The second kappa shape index (κ2) is 11.1. The average molecular weight is 410 g/mol. The summed E-state index contributed by atoms with van der Waals surface area (Å²) in [7, 11) is 0. The van der Waals surface area contributed by atoms with Crippen LogP contribution in [0.3, 0.4) is 0 Å². The minimum Gasteiger partial charge on any atom is -0.465 e. The normalized spacial score (nSPS) is 24.8. The van der Waals surface area contributed by atoms with E-state index in [0.29, 0.717) is 32.9 Å². The van der Waals surface area contributed by atoms with E-state index in [1.807, 2.05) is 26.0 Å². The lowest BCUT2D eigenvalue weighted by atomic mass is 10.1. The van der Waals surface area contributed by atoms with Gasteiger partial charge >= 0.3 is 0 Å². The molecule has 7 nitrogen and oxygen atoms in total. The molecular weight excluding hydrogens is 381 g/mol. The van der Waals surface area contributed by atoms with E-state index in [9.17, 15) is 4.79 Å². The van der Waals surface area contributed by atoms with Crippen molar-refractivity contribution in [3.8, 4) is 0 Å². The van der Waals surface area contributed by atoms with Crippen LogP contribution in [0, 0.1) is 6.92 Å². The summed E-state index contributed by atoms with van der Waals surface area (Å²) in [4.78, 5) is 14.8. The fourth-order valence-electron chi connectivity index (χ4n) is 3.27. The van der Waals surface area contributed by atoms with Crippen LogP contribution in [0.4, 0.5) is 0 Å². The Morgan fingerprint density at radius 3 is 2.65 bits per heavy atom. The molecule has 3 rings (SSSR count). The number of rotatable bonds is 5. The van der Waals surface area contributed by atoms with Crippen LogP contribution in [0.2, 0.25) is 0 Å². The third kappa shape index (κ3) is 5.84. The zero-order valence-corrected chi connectivity index (χ0v) is 16.9. The fraction of sp³-hybridized carbons (Fsp3) is 0.706. The Kier molecular flexibility index (Phi) is 9.92. The van der Waals surface area contributed by atoms with E-state index in [-0.39, 0.29) is 48.9 Å². The van der Waals surface area contributed by atoms with Gasteiger partial charge in [0.25, 0.3) is 0 Å². The monoisotopic (exact) mass is 409 g/mol. The average Bonchev–Trinajstić information content (AvgIpc) is 3.02. The molecule has 0 aromatic carbocycles. The van der Waals surface area contributed by atoms with Crippen LogP contribution in [0.5, 0.6) is 0 Å². The minimum absolute atomic E-state index is 0. The van der Waals surface area contributed by atoms with Crippen LogP contribution in [0.15, 0.2) is 16.5 Å². The van der Waals surface area contributed by atoms with Gasteiger partial charge in [0, 0.05) is 26.2 Å². The summed E-state index contributed by atoms with van der Waals surface area (Å²) in [5.41, 5.74) is 0. The standard InChI is InChI=1S/C17H27N3O4.2ClH/c1-12-3-4-15(24-12)14(20-6-9-22-10-7-20)11-19-17(21)16-13(2)23-8-5-18-16;;/h3-4,13-14,16,18H,5-11H2,1-2H3,(H,19,21);2*1H/t13-,14?,16+;;/m1../s1. The van der Waals surface area contributed by atoms with Crippen LogP contribution in [-0.4, -0.2) is 69.0 Å². The zero-order valence-electron chi connectivity index (χ0n) is 15.2. The van der Waals surface area contributed by atoms with E-state index >= 15 is 0 Å². The number of furan rings is 1. The maximum atomic E-state index is 12.5. The Morgan fingerprint density at radius 1 is 1.31 bits per heavy atom. The van der Waals surface area contributed by atoms with Crippen molar-refractivity contribution >= 4 is 30.7 Å². The summed E-state index contributed by atoms with van der Waals surface area (Å²) in [5, 5.41) is 6.29. The first-order chi connectivity index (χ1) is 11.6. The summed E-state index contributed by atoms with van der Waals surface area (Å²) in [6, 6.07) is 3.67. The smallest absolute Gasteiger partial charge is 0.239 e. The number of aryl methyl sites for hydroxylation is 1. The van der Waals surface area contributed by atoms with E-state index in [0.717, 1.165) is 24.6 Å². The third-order valence-electron chi connectivity index (χ3n) is 4.64. The molecule has 150 valence electrons. The summed E-state index contributed by atoms with van der Waals surface area (Å²) < 4.78 is 16.8.